The molecule has 0 spiro atoms. The number of H-pyrrole nitrogens is 1. The van der Waals surface area contributed by atoms with E-state index in [2.05, 4.69) is 4.98 Å². The van der Waals surface area contributed by atoms with E-state index < -0.39 is 0 Å². The molecule has 0 fully saturated rings. The third kappa shape index (κ3) is 2.25. The van der Waals surface area contributed by atoms with Gasteiger partial charge in [0.05, 0.1) is 11.3 Å². The minimum atomic E-state index is -0.241. The molecule has 2 nitrogen and oxygen atoms in total. The molecule has 0 aliphatic carbocycles. The lowest BCUT2D eigenvalue weighted by atomic mass is 10.0. The third-order valence-corrected chi connectivity index (χ3v) is 3.75. The number of carbonyl (C=O) groups excluding carboxylic acids is 1. The van der Waals surface area contributed by atoms with Crippen molar-refractivity contribution in [3.05, 3.63) is 58.9 Å². The lowest BCUT2D eigenvalue weighted by Gasteiger charge is -2.04. The standard InChI is InChI=1S/C18H16FNO/c1-10-4-7-16-14(8-10)17(12(3)21)18(20-16)13-5-6-15(19)11(2)9-13/h4-9,20H,1-3H3. The van der Waals surface area contributed by atoms with Crippen LogP contribution in [0.1, 0.15) is 28.4 Å². The molecule has 0 saturated heterocycles. The molecule has 2 aromatic carbocycles. The minimum Gasteiger partial charge on any atom is -0.354 e. The van der Waals surface area contributed by atoms with Crippen molar-refractivity contribution in [2.45, 2.75) is 20.8 Å². The summed E-state index contributed by atoms with van der Waals surface area (Å²) < 4.78 is 13.5. The molecule has 21 heavy (non-hydrogen) atoms. The maximum absolute atomic E-state index is 13.5. The Bertz CT molecular complexity index is 861. The van der Waals surface area contributed by atoms with Gasteiger partial charge in [0, 0.05) is 10.9 Å². The van der Waals surface area contributed by atoms with Gasteiger partial charge in [0.25, 0.3) is 0 Å². The summed E-state index contributed by atoms with van der Waals surface area (Å²) in [6.07, 6.45) is 0. The molecule has 1 N–H and O–H groups in total. The van der Waals surface area contributed by atoms with E-state index in [4.69, 9.17) is 0 Å². The first kappa shape index (κ1) is 13.6. The lowest BCUT2D eigenvalue weighted by molar-refractivity contribution is 0.102. The van der Waals surface area contributed by atoms with E-state index in [0.29, 0.717) is 11.1 Å². The Kier molecular flexibility index (Phi) is 3.13. The highest BCUT2D eigenvalue weighted by atomic mass is 19.1. The summed E-state index contributed by atoms with van der Waals surface area (Å²) in [6.45, 7) is 5.28. The Hall–Kier alpha value is -2.42. The molecule has 3 rings (SSSR count). The molecule has 0 amide bonds. The first-order valence-corrected chi connectivity index (χ1v) is 6.87. The zero-order chi connectivity index (χ0) is 15.1. The van der Waals surface area contributed by atoms with Crippen LogP contribution in [0.4, 0.5) is 4.39 Å². The molecule has 0 saturated carbocycles. The summed E-state index contributed by atoms with van der Waals surface area (Å²) in [5, 5.41) is 0.916. The van der Waals surface area contributed by atoms with Gasteiger partial charge >= 0.3 is 0 Å². The monoisotopic (exact) mass is 281 g/mol. The van der Waals surface area contributed by atoms with E-state index >= 15 is 0 Å². The average Bonchev–Trinajstić information content (AvgIpc) is 2.80. The number of rotatable bonds is 2. The van der Waals surface area contributed by atoms with E-state index in [9.17, 15) is 9.18 Å². The van der Waals surface area contributed by atoms with Gasteiger partial charge in [-0.2, -0.15) is 0 Å². The molecule has 0 atom stereocenters. The van der Waals surface area contributed by atoms with Crippen LogP contribution in [0.25, 0.3) is 22.2 Å². The van der Waals surface area contributed by atoms with Gasteiger partial charge in [0.2, 0.25) is 0 Å². The summed E-state index contributed by atoms with van der Waals surface area (Å²) in [5.41, 5.74) is 4.84. The number of carbonyl (C=O) groups is 1. The topological polar surface area (TPSA) is 32.9 Å². The molecule has 0 radical (unpaired) electrons. The van der Waals surface area contributed by atoms with Gasteiger partial charge in [-0.3, -0.25) is 4.79 Å². The number of fused-ring (bicyclic) bond motifs is 1. The van der Waals surface area contributed by atoms with Crippen molar-refractivity contribution in [1.29, 1.82) is 0 Å². The summed E-state index contributed by atoms with van der Waals surface area (Å²) in [6, 6.07) is 10.9. The molecule has 106 valence electrons. The second-order valence-electron chi connectivity index (χ2n) is 5.44. The van der Waals surface area contributed by atoms with Crippen LogP contribution in [0.15, 0.2) is 36.4 Å². The summed E-state index contributed by atoms with van der Waals surface area (Å²) >= 11 is 0. The van der Waals surface area contributed by atoms with Crippen LogP contribution in [-0.2, 0) is 0 Å². The van der Waals surface area contributed by atoms with Crippen molar-refractivity contribution in [2.24, 2.45) is 0 Å². The van der Waals surface area contributed by atoms with Gasteiger partial charge in [0.1, 0.15) is 5.82 Å². The van der Waals surface area contributed by atoms with Crippen molar-refractivity contribution < 1.29 is 9.18 Å². The smallest absolute Gasteiger partial charge is 0.162 e. The lowest BCUT2D eigenvalue weighted by Crippen LogP contribution is -1.95. The Morgan fingerprint density at radius 1 is 1.10 bits per heavy atom. The van der Waals surface area contributed by atoms with Crippen molar-refractivity contribution >= 4 is 16.7 Å². The van der Waals surface area contributed by atoms with Gasteiger partial charge in [0.15, 0.2) is 5.78 Å². The van der Waals surface area contributed by atoms with Crippen LogP contribution in [0.3, 0.4) is 0 Å². The highest BCUT2D eigenvalue weighted by Crippen LogP contribution is 2.32. The Balaban J connectivity index is 2.33. The van der Waals surface area contributed by atoms with Gasteiger partial charge in [-0.05, 0) is 62.2 Å². The zero-order valence-corrected chi connectivity index (χ0v) is 12.3. The molecular formula is C18H16FNO. The van der Waals surface area contributed by atoms with Crippen LogP contribution in [-0.4, -0.2) is 10.8 Å². The van der Waals surface area contributed by atoms with Gasteiger partial charge in [-0.25, -0.2) is 4.39 Å². The quantitative estimate of drug-likeness (QED) is 0.673. The Morgan fingerprint density at radius 2 is 1.86 bits per heavy atom. The predicted molar refractivity (Wildman–Crippen MR) is 83.2 cm³/mol. The maximum Gasteiger partial charge on any atom is 0.162 e. The zero-order valence-electron chi connectivity index (χ0n) is 12.3. The fraction of sp³-hybridized carbons (Fsp3) is 0.167. The molecule has 0 bridgehead atoms. The van der Waals surface area contributed by atoms with E-state index in [1.807, 2.05) is 25.1 Å². The number of aromatic amines is 1. The highest BCUT2D eigenvalue weighted by Gasteiger charge is 2.17. The second-order valence-corrected chi connectivity index (χ2v) is 5.44. The van der Waals surface area contributed by atoms with Gasteiger partial charge < -0.3 is 4.98 Å². The number of ketones is 1. The van der Waals surface area contributed by atoms with Crippen molar-refractivity contribution in [3.63, 3.8) is 0 Å². The Morgan fingerprint density at radius 3 is 2.52 bits per heavy atom. The van der Waals surface area contributed by atoms with Gasteiger partial charge in [-0.15, -0.1) is 0 Å². The summed E-state index contributed by atoms with van der Waals surface area (Å²) in [5.74, 6) is -0.237. The van der Waals surface area contributed by atoms with Crippen LogP contribution in [0, 0.1) is 19.7 Å². The predicted octanol–water partition coefficient (Wildman–Crippen LogP) is 4.79. The number of hydrogen-bond donors (Lipinski definition) is 1. The SMILES string of the molecule is CC(=O)c1c(-c2ccc(F)c(C)c2)[nH]c2ccc(C)cc12. The summed E-state index contributed by atoms with van der Waals surface area (Å²) in [4.78, 5) is 15.4. The first-order valence-electron chi connectivity index (χ1n) is 6.87. The van der Waals surface area contributed by atoms with E-state index in [1.165, 1.54) is 6.07 Å². The van der Waals surface area contributed by atoms with Crippen LogP contribution in [0.5, 0.6) is 0 Å². The number of aromatic nitrogens is 1. The number of nitrogens with one attached hydrogen (secondary N) is 1. The van der Waals surface area contributed by atoms with Crippen molar-refractivity contribution in [2.75, 3.05) is 0 Å². The fourth-order valence-corrected chi connectivity index (χ4v) is 2.69. The average molecular weight is 281 g/mol. The van der Waals surface area contributed by atoms with Gasteiger partial charge in [-0.1, -0.05) is 11.6 Å². The molecule has 1 aromatic heterocycles. The highest BCUT2D eigenvalue weighted by molar-refractivity contribution is 6.12. The second kappa shape index (κ2) is 4.85. The number of aryl methyl sites for hydroxylation is 2. The number of halogens is 1. The molecule has 1 heterocycles. The largest absolute Gasteiger partial charge is 0.354 e. The van der Waals surface area contributed by atoms with Crippen molar-refractivity contribution in [1.82, 2.24) is 4.98 Å². The van der Waals surface area contributed by atoms with E-state index in [1.54, 1.807) is 26.0 Å². The van der Waals surface area contributed by atoms with Crippen molar-refractivity contribution in [3.8, 4) is 11.3 Å². The molecule has 3 heteroatoms. The molecule has 3 aromatic rings. The van der Waals surface area contributed by atoms with Crippen LogP contribution < -0.4 is 0 Å². The fourth-order valence-electron chi connectivity index (χ4n) is 2.69. The van der Waals surface area contributed by atoms with E-state index in [0.717, 1.165) is 27.7 Å². The number of hydrogen-bond acceptors (Lipinski definition) is 1. The third-order valence-electron chi connectivity index (χ3n) is 3.75. The van der Waals surface area contributed by atoms with E-state index in [-0.39, 0.29) is 11.6 Å². The Labute approximate surface area is 122 Å². The maximum atomic E-state index is 13.5. The molecule has 0 aliphatic rings. The first-order chi connectivity index (χ1) is 9.97. The van der Waals surface area contributed by atoms with Crippen LogP contribution in [0.2, 0.25) is 0 Å². The molecular weight excluding hydrogens is 265 g/mol. The number of Topliss-reactive ketones (excluding diaryl/α,β-unsaturated/α-hetero) is 1. The number of benzene rings is 2. The van der Waals surface area contributed by atoms with Crippen LogP contribution >= 0.6 is 0 Å². The normalized spacial score (nSPS) is 11.0. The minimum absolute atomic E-state index is 0.00354. The summed E-state index contributed by atoms with van der Waals surface area (Å²) in [7, 11) is 0. The molecule has 0 unspecified atom stereocenters. The molecule has 0 aliphatic heterocycles.